The summed E-state index contributed by atoms with van der Waals surface area (Å²) in [6.07, 6.45) is 2.82. The molecular formula is C19H31N3OS. The van der Waals surface area contributed by atoms with E-state index in [0.29, 0.717) is 18.1 Å². The monoisotopic (exact) mass is 349 g/mol. The van der Waals surface area contributed by atoms with Gasteiger partial charge < -0.3 is 15.4 Å². The van der Waals surface area contributed by atoms with E-state index in [1.165, 1.54) is 17.7 Å². The van der Waals surface area contributed by atoms with Crippen molar-refractivity contribution in [2.75, 3.05) is 20.2 Å². The van der Waals surface area contributed by atoms with E-state index < -0.39 is 0 Å². The Kier molecular flexibility index (Phi) is 4.94. The van der Waals surface area contributed by atoms with Gasteiger partial charge in [-0.1, -0.05) is 33.8 Å². The standard InChI is InChI=1S/C19H31N3OS/c1-18(2,14-9-7-11-24-14)12-21-17(20-5)22-15-13-8-6-10-23-16(13)19(15,3)4/h7,9,11,13,15-16H,6,8,10,12H2,1-5H3,(H2,20,21,22). The highest BCUT2D eigenvalue weighted by Gasteiger charge is 2.58. The maximum atomic E-state index is 6.00. The highest BCUT2D eigenvalue weighted by molar-refractivity contribution is 7.10. The van der Waals surface area contributed by atoms with Crippen LogP contribution in [0.15, 0.2) is 22.5 Å². The summed E-state index contributed by atoms with van der Waals surface area (Å²) in [5.74, 6) is 1.51. The average Bonchev–Trinajstić information content (AvgIpc) is 3.10. The Hall–Kier alpha value is -1.07. The third kappa shape index (κ3) is 3.21. The molecule has 4 nitrogen and oxygen atoms in total. The third-order valence-electron chi connectivity index (χ3n) is 5.73. The SMILES string of the molecule is CN=C(NCC(C)(C)c1cccs1)NC1C2CCCOC2C1(C)C. The molecule has 3 atom stereocenters. The van der Waals surface area contributed by atoms with Crippen LogP contribution in [-0.4, -0.2) is 38.3 Å². The molecule has 0 radical (unpaired) electrons. The molecule has 3 unspecified atom stereocenters. The molecule has 5 heteroatoms. The van der Waals surface area contributed by atoms with E-state index in [4.69, 9.17) is 4.74 Å². The first-order valence-electron chi connectivity index (χ1n) is 8.99. The fraction of sp³-hybridized carbons (Fsp3) is 0.737. The summed E-state index contributed by atoms with van der Waals surface area (Å²) in [7, 11) is 1.86. The number of hydrogen-bond acceptors (Lipinski definition) is 3. The Balaban J connectivity index is 1.59. The number of hydrogen-bond donors (Lipinski definition) is 2. The zero-order valence-electron chi connectivity index (χ0n) is 15.6. The van der Waals surface area contributed by atoms with Crippen LogP contribution in [0.1, 0.15) is 45.4 Å². The van der Waals surface area contributed by atoms with Crippen LogP contribution in [0.5, 0.6) is 0 Å². The van der Waals surface area contributed by atoms with E-state index in [1.807, 2.05) is 18.4 Å². The Morgan fingerprint density at radius 2 is 2.25 bits per heavy atom. The van der Waals surface area contributed by atoms with Crippen LogP contribution in [-0.2, 0) is 10.2 Å². The first-order valence-corrected chi connectivity index (χ1v) is 9.87. The van der Waals surface area contributed by atoms with Crippen molar-refractivity contribution in [3.05, 3.63) is 22.4 Å². The molecule has 0 spiro atoms. The molecule has 2 aliphatic rings. The zero-order chi connectivity index (χ0) is 17.4. The lowest BCUT2D eigenvalue weighted by atomic mass is 9.55. The molecule has 3 rings (SSSR count). The van der Waals surface area contributed by atoms with Crippen molar-refractivity contribution in [3.63, 3.8) is 0 Å². The summed E-state index contributed by atoms with van der Waals surface area (Å²) in [5, 5.41) is 9.35. The van der Waals surface area contributed by atoms with E-state index in [-0.39, 0.29) is 10.8 Å². The van der Waals surface area contributed by atoms with Crippen molar-refractivity contribution < 1.29 is 4.74 Å². The van der Waals surface area contributed by atoms with E-state index in [9.17, 15) is 0 Å². The normalized spacial score (nSPS) is 29.5. The van der Waals surface area contributed by atoms with Gasteiger partial charge in [-0.25, -0.2) is 0 Å². The summed E-state index contributed by atoms with van der Waals surface area (Å²) < 4.78 is 6.00. The number of nitrogens with zero attached hydrogens (tertiary/aromatic N) is 1. The van der Waals surface area contributed by atoms with Crippen LogP contribution in [0.25, 0.3) is 0 Å². The van der Waals surface area contributed by atoms with Crippen LogP contribution in [0.3, 0.4) is 0 Å². The molecule has 2 N–H and O–H groups in total. The molecule has 2 fully saturated rings. The van der Waals surface area contributed by atoms with Crippen molar-refractivity contribution in [3.8, 4) is 0 Å². The smallest absolute Gasteiger partial charge is 0.191 e. The minimum absolute atomic E-state index is 0.0946. The Bertz CT molecular complexity index is 579. The molecule has 1 aromatic heterocycles. The number of aliphatic imine (C=N–C) groups is 1. The maximum absolute atomic E-state index is 6.00. The first-order chi connectivity index (χ1) is 11.4. The lowest BCUT2D eigenvalue weighted by Crippen LogP contribution is -2.71. The Labute approximate surface area is 150 Å². The van der Waals surface area contributed by atoms with Gasteiger partial charge >= 0.3 is 0 Å². The quantitative estimate of drug-likeness (QED) is 0.647. The van der Waals surface area contributed by atoms with Gasteiger partial charge in [-0.05, 0) is 24.3 Å². The molecule has 1 aliphatic heterocycles. The Morgan fingerprint density at radius 1 is 1.46 bits per heavy atom. The molecule has 1 saturated heterocycles. The molecule has 1 saturated carbocycles. The number of nitrogens with one attached hydrogen (secondary N) is 2. The topological polar surface area (TPSA) is 45.7 Å². The van der Waals surface area contributed by atoms with Gasteiger partial charge in [0, 0.05) is 47.9 Å². The van der Waals surface area contributed by atoms with Crippen molar-refractivity contribution >= 4 is 17.3 Å². The minimum atomic E-state index is 0.0946. The number of thiophene rings is 1. The number of guanidine groups is 1. The molecule has 0 aromatic carbocycles. The van der Waals surface area contributed by atoms with Gasteiger partial charge in [0.15, 0.2) is 5.96 Å². The van der Waals surface area contributed by atoms with Gasteiger partial charge in [0.25, 0.3) is 0 Å². The molecule has 2 heterocycles. The second-order valence-corrected chi connectivity index (χ2v) is 9.28. The second kappa shape index (κ2) is 6.68. The van der Waals surface area contributed by atoms with E-state index >= 15 is 0 Å². The predicted molar refractivity (Wildman–Crippen MR) is 102 cm³/mol. The molecule has 1 aliphatic carbocycles. The van der Waals surface area contributed by atoms with E-state index in [0.717, 1.165) is 19.1 Å². The molecule has 134 valence electrons. The van der Waals surface area contributed by atoms with Crippen molar-refractivity contribution in [2.45, 2.75) is 58.1 Å². The van der Waals surface area contributed by atoms with Gasteiger partial charge in [-0.15, -0.1) is 11.3 Å². The van der Waals surface area contributed by atoms with Crippen molar-refractivity contribution in [2.24, 2.45) is 16.3 Å². The van der Waals surface area contributed by atoms with Crippen LogP contribution >= 0.6 is 11.3 Å². The van der Waals surface area contributed by atoms with Gasteiger partial charge in [-0.2, -0.15) is 0 Å². The highest BCUT2D eigenvalue weighted by Crippen LogP contribution is 2.51. The molecule has 24 heavy (non-hydrogen) atoms. The van der Waals surface area contributed by atoms with E-state index in [2.05, 4.69) is 60.8 Å². The number of fused-ring (bicyclic) bond motifs is 1. The predicted octanol–water partition coefficient (Wildman–Crippen LogP) is 3.39. The zero-order valence-corrected chi connectivity index (χ0v) is 16.4. The minimum Gasteiger partial charge on any atom is -0.377 e. The second-order valence-electron chi connectivity index (χ2n) is 8.33. The van der Waals surface area contributed by atoms with Crippen LogP contribution < -0.4 is 10.6 Å². The first kappa shape index (κ1) is 17.7. The van der Waals surface area contributed by atoms with Gasteiger partial charge in [-0.3, -0.25) is 4.99 Å². The van der Waals surface area contributed by atoms with Gasteiger partial charge in [0.05, 0.1) is 6.10 Å². The summed E-state index contributed by atoms with van der Waals surface area (Å²) in [6, 6.07) is 4.76. The van der Waals surface area contributed by atoms with Gasteiger partial charge in [0.1, 0.15) is 0 Å². The molecule has 0 amide bonds. The lowest BCUT2D eigenvalue weighted by Gasteiger charge is -2.60. The van der Waals surface area contributed by atoms with Crippen LogP contribution in [0, 0.1) is 11.3 Å². The summed E-state index contributed by atoms with van der Waals surface area (Å²) in [5.41, 5.74) is 0.253. The number of rotatable bonds is 4. The average molecular weight is 350 g/mol. The Morgan fingerprint density at radius 3 is 2.92 bits per heavy atom. The lowest BCUT2D eigenvalue weighted by molar-refractivity contribution is -0.188. The van der Waals surface area contributed by atoms with Crippen LogP contribution in [0.4, 0.5) is 0 Å². The molecule has 0 bridgehead atoms. The maximum Gasteiger partial charge on any atom is 0.191 e. The van der Waals surface area contributed by atoms with Crippen LogP contribution in [0.2, 0.25) is 0 Å². The largest absolute Gasteiger partial charge is 0.377 e. The number of ether oxygens (including phenoxy) is 1. The summed E-state index contributed by atoms with van der Waals surface area (Å²) >= 11 is 1.82. The fourth-order valence-electron chi connectivity index (χ4n) is 4.21. The highest BCUT2D eigenvalue weighted by atomic mass is 32.1. The summed E-state index contributed by atoms with van der Waals surface area (Å²) in [4.78, 5) is 5.85. The van der Waals surface area contributed by atoms with Crippen molar-refractivity contribution in [1.29, 1.82) is 0 Å². The summed E-state index contributed by atoms with van der Waals surface area (Å²) in [6.45, 7) is 10.9. The molecule has 1 aromatic rings. The van der Waals surface area contributed by atoms with E-state index in [1.54, 1.807) is 0 Å². The fourth-order valence-corrected chi connectivity index (χ4v) is 5.06. The van der Waals surface area contributed by atoms with Gasteiger partial charge in [0.2, 0.25) is 0 Å². The third-order valence-corrected chi connectivity index (χ3v) is 6.97. The van der Waals surface area contributed by atoms with Crippen molar-refractivity contribution in [1.82, 2.24) is 10.6 Å². The molecular weight excluding hydrogens is 318 g/mol.